The molecule has 0 amide bonds. The number of hydrogen-bond donors (Lipinski definition) is 1. The number of rotatable bonds is 2. The summed E-state index contributed by atoms with van der Waals surface area (Å²) in [5, 5.41) is 13.1. The van der Waals surface area contributed by atoms with Gasteiger partial charge in [-0.15, -0.1) is 11.3 Å². The van der Waals surface area contributed by atoms with Gasteiger partial charge in [-0.25, -0.2) is 4.98 Å². The van der Waals surface area contributed by atoms with Crippen LogP contribution in [-0.2, 0) is 6.42 Å². The molecule has 1 N–H and O–H groups in total. The van der Waals surface area contributed by atoms with Crippen LogP contribution < -0.4 is 0 Å². The first kappa shape index (κ1) is 11.9. The maximum absolute atomic E-state index is 11.0. The van der Waals surface area contributed by atoms with E-state index in [2.05, 4.69) is 20.5 Å². The molecule has 2 aliphatic rings. The molecule has 4 heterocycles. The van der Waals surface area contributed by atoms with E-state index in [-0.39, 0.29) is 0 Å². The zero-order valence-electron chi connectivity index (χ0n) is 11.0. The van der Waals surface area contributed by atoms with Crippen molar-refractivity contribution in [2.75, 3.05) is 13.1 Å². The maximum Gasteiger partial charge on any atom is 0.193 e. The number of imidazole rings is 1. The Kier molecular flexibility index (Phi) is 2.69. The average Bonchev–Trinajstić information content (AvgIpc) is 3.05. The van der Waals surface area contributed by atoms with Gasteiger partial charge in [0.25, 0.3) is 0 Å². The fourth-order valence-electron chi connectivity index (χ4n) is 3.75. The Labute approximate surface area is 116 Å². The lowest BCUT2D eigenvalue weighted by Crippen LogP contribution is -2.48. The minimum atomic E-state index is -0.565. The first-order valence-electron chi connectivity index (χ1n) is 7.12. The van der Waals surface area contributed by atoms with Crippen molar-refractivity contribution in [3.63, 3.8) is 0 Å². The molecule has 2 aromatic heterocycles. The van der Waals surface area contributed by atoms with Crippen molar-refractivity contribution < 1.29 is 5.11 Å². The van der Waals surface area contributed by atoms with E-state index in [9.17, 15) is 5.11 Å². The minimum Gasteiger partial charge on any atom is -0.388 e. The average molecular weight is 277 g/mol. The highest BCUT2D eigenvalue weighted by Crippen LogP contribution is 2.37. The molecule has 2 atom stereocenters. The zero-order chi connectivity index (χ0) is 12.9. The van der Waals surface area contributed by atoms with E-state index in [0.29, 0.717) is 12.5 Å². The summed E-state index contributed by atoms with van der Waals surface area (Å²) in [6.45, 7) is 2.20. The molecule has 2 aromatic rings. The molecule has 0 aromatic carbocycles. The van der Waals surface area contributed by atoms with Gasteiger partial charge in [-0.05, 0) is 25.8 Å². The predicted molar refractivity (Wildman–Crippen MR) is 75.6 cm³/mol. The Balaban J connectivity index is 1.59. The number of aliphatic hydroxyl groups is 1. The summed E-state index contributed by atoms with van der Waals surface area (Å²) in [5.74, 6) is 0. The van der Waals surface area contributed by atoms with Crippen molar-refractivity contribution in [2.24, 2.45) is 0 Å². The van der Waals surface area contributed by atoms with Gasteiger partial charge in [0.1, 0.15) is 0 Å². The molecular weight excluding hydrogens is 258 g/mol. The second kappa shape index (κ2) is 4.30. The number of aromatic nitrogens is 2. The molecule has 2 saturated heterocycles. The van der Waals surface area contributed by atoms with Gasteiger partial charge in [-0.3, -0.25) is 9.30 Å². The van der Waals surface area contributed by atoms with Gasteiger partial charge in [-0.2, -0.15) is 0 Å². The molecule has 4 nitrogen and oxygen atoms in total. The molecule has 2 aliphatic heterocycles. The van der Waals surface area contributed by atoms with Crippen LogP contribution in [0.4, 0.5) is 0 Å². The van der Waals surface area contributed by atoms with Crippen molar-refractivity contribution in [1.29, 1.82) is 0 Å². The van der Waals surface area contributed by atoms with Crippen molar-refractivity contribution in [3.8, 4) is 0 Å². The Morgan fingerprint density at radius 1 is 1.42 bits per heavy atom. The van der Waals surface area contributed by atoms with Crippen molar-refractivity contribution in [3.05, 3.63) is 23.5 Å². The smallest absolute Gasteiger partial charge is 0.193 e. The molecule has 0 radical (unpaired) electrons. The molecule has 4 rings (SSSR count). The summed E-state index contributed by atoms with van der Waals surface area (Å²) in [6, 6.07) is 0.348. The highest BCUT2D eigenvalue weighted by atomic mass is 32.1. The second-order valence-corrected chi connectivity index (χ2v) is 6.78. The lowest BCUT2D eigenvalue weighted by Gasteiger charge is -2.37. The summed E-state index contributed by atoms with van der Waals surface area (Å²) in [5.41, 5.74) is 0.464. The molecule has 2 unspecified atom stereocenters. The summed E-state index contributed by atoms with van der Waals surface area (Å²) in [4.78, 5) is 8.12. The Hall–Kier alpha value is -0.910. The van der Waals surface area contributed by atoms with E-state index in [0.717, 1.165) is 36.6 Å². The SMILES string of the molecule is OC1(Cc2cn3ccsc3n2)CCN2CCCCC21. The first-order valence-corrected chi connectivity index (χ1v) is 8.00. The monoisotopic (exact) mass is 277 g/mol. The van der Waals surface area contributed by atoms with E-state index in [1.807, 2.05) is 11.6 Å². The van der Waals surface area contributed by atoms with Crippen molar-refractivity contribution in [1.82, 2.24) is 14.3 Å². The van der Waals surface area contributed by atoms with E-state index >= 15 is 0 Å². The van der Waals surface area contributed by atoms with Gasteiger partial charge in [0.05, 0.1) is 11.3 Å². The fourth-order valence-corrected chi connectivity index (χ4v) is 4.47. The number of thiazole rings is 1. The molecule has 0 aliphatic carbocycles. The van der Waals surface area contributed by atoms with Crippen LogP contribution in [-0.4, -0.2) is 44.1 Å². The van der Waals surface area contributed by atoms with Crippen LogP contribution in [0.25, 0.3) is 4.96 Å². The molecule has 0 spiro atoms. The van der Waals surface area contributed by atoms with E-state index in [1.165, 1.54) is 12.8 Å². The first-order chi connectivity index (χ1) is 9.24. The van der Waals surface area contributed by atoms with E-state index in [1.54, 1.807) is 11.3 Å². The van der Waals surface area contributed by atoms with Crippen molar-refractivity contribution in [2.45, 2.75) is 43.7 Å². The van der Waals surface area contributed by atoms with Crippen LogP contribution in [0.2, 0.25) is 0 Å². The number of hydrogen-bond acceptors (Lipinski definition) is 4. The maximum atomic E-state index is 11.0. The zero-order valence-corrected chi connectivity index (χ0v) is 11.8. The van der Waals surface area contributed by atoms with Gasteiger partial charge in [0.15, 0.2) is 4.96 Å². The third kappa shape index (κ3) is 1.91. The lowest BCUT2D eigenvalue weighted by molar-refractivity contribution is -0.00947. The van der Waals surface area contributed by atoms with Crippen molar-refractivity contribution >= 4 is 16.3 Å². The predicted octanol–water partition coefficient (Wildman–Crippen LogP) is 1.93. The van der Waals surface area contributed by atoms with Crippen LogP contribution in [0.3, 0.4) is 0 Å². The molecule has 0 bridgehead atoms. The summed E-state index contributed by atoms with van der Waals surface area (Å²) < 4.78 is 2.05. The van der Waals surface area contributed by atoms with Gasteiger partial charge < -0.3 is 5.11 Å². The topological polar surface area (TPSA) is 40.8 Å². The molecular formula is C14H19N3OS. The van der Waals surface area contributed by atoms with Crippen LogP contribution in [0, 0.1) is 0 Å². The van der Waals surface area contributed by atoms with Crippen LogP contribution in [0.15, 0.2) is 17.8 Å². The quantitative estimate of drug-likeness (QED) is 0.912. The largest absolute Gasteiger partial charge is 0.388 e. The molecule has 19 heavy (non-hydrogen) atoms. The van der Waals surface area contributed by atoms with E-state index < -0.39 is 5.60 Å². The molecule has 2 fully saturated rings. The number of piperidine rings is 1. The van der Waals surface area contributed by atoms with Gasteiger partial charge in [0.2, 0.25) is 0 Å². The summed E-state index contributed by atoms with van der Waals surface area (Å²) in [6.07, 6.45) is 9.36. The second-order valence-electron chi connectivity index (χ2n) is 5.90. The lowest BCUT2D eigenvalue weighted by atomic mass is 9.85. The summed E-state index contributed by atoms with van der Waals surface area (Å²) >= 11 is 1.65. The fraction of sp³-hybridized carbons (Fsp3) is 0.643. The third-order valence-corrected chi connectivity index (χ3v) is 5.47. The van der Waals surface area contributed by atoms with Crippen LogP contribution in [0.5, 0.6) is 0 Å². The van der Waals surface area contributed by atoms with Gasteiger partial charge >= 0.3 is 0 Å². The van der Waals surface area contributed by atoms with Gasteiger partial charge in [-0.1, -0.05) is 6.42 Å². The molecule has 102 valence electrons. The van der Waals surface area contributed by atoms with Gasteiger partial charge in [0, 0.05) is 36.8 Å². The Morgan fingerprint density at radius 2 is 2.37 bits per heavy atom. The summed E-state index contributed by atoms with van der Waals surface area (Å²) in [7, 11) is 0. The highest BCUT2D eigenvalue weighted by molar-refractivity contribution is 7.15. The Bertz CT molecular complexity index is 564. The minimum absolute atomic E-state index is 0.348. The van der Waals surface area contributed by atoms with Crippen LogP contribution >= 0.6 is 11.3 Å². The molecule has 0 saturated carbocycles. The number of fused-ring (bicyclic) bond motifs is 2. The highest BCUT2D eigenvalue weighted by Gasteiger charge is 2.46. The Morgan fingerprint density at radius 3 is 3.26 bits per heavy atom. The van der Waals surface area contributed by atoms with E-state index in [4.69, 9.17) is 0 Å². The molecule has 5 heteroatoms. The normalized spacial score (nSPS) is 31.9. The van der Waals surface area contributed by atoms with Crippen LogP contribution in [0.1, 0.15) is 31.4 Å². The number of nitrogens with zero attached hydrogens (tertiary/aromatic N) is 3. The standard InChI is InChI=1S/C14H19N3OS/c18-14(4-6-16-5-2-1-3-12(14)16)9-11-10-17-7-8-19-13(17)15-11/h7-8,10,12,18H,1-6,9H2. The third-order valence-electron chi connectivity index (χ3n) is 4.70.